The molecule has 0 saturated carbocycles. The number of nitrogens with zero attached hydrogens (tertiary/aromatic N) is 1. The number of rotatable bonds is 2. The molecule has 2 rings (SSSR count). The van der Waals surface area contributed by atoms with E-state index in [0.29, 0.717) is 6.54 Å². The summed E-state index contributed by atoms with van der Waals surface area (Å²) in [5.41, 5.74) is 7.53. The van der Waals surface area contributed by atoms with Gasteiger partial charge in [-0.15, -0.1) is 11.3 Å². The van der Waals surface area contributed by atoms with E-state index in [1.165, 1.54) is 0 Å². The number of benzene rings is 1. The van der Waals surface area contributed by atoms with Crippen LogP contribution in [0.5, 0.6) is 0 Å². The Morgan fingerprint density at radius 3 is 2.57 bits per heavy atom. The van der Waals surface area contributed by atoms with Crippen molar-refractivity contribution in [2.75, 3.05) is 0 Å². The molecule has 0 saturated heterocycles. The molecule has 2 aromatic rings. The van der Waals surface area contributed by atoms with E-state index in [0.717, 1.165) is 21.3 Å². The minimum Gasteiger partial charge on any atom is -0.325 e. The van der Waals surface area contributed by atoms with Crippen LogP contribution in [0, 0.1) is 0 Å². The van der Waals surface area contributed by atoms with E-state index in [4.69, 9.17) is 17.3 Å². The van der Waals surface area contributed by atoms with E-state index < -0.39 is 0 Å². The average Bonchev–Trinajstić information content (AvgIpc) is 2.67. The Bertz CT molecular complexity index is 422. The molecule has 0 aliphatic carbocycles. The lowest BCUT2D eigenvalue weighted by molar-refractivity contribution is 1.04. The maximum atomic E-state index is 5.79. The first kappa shape index (κ1) is 9.65. The van der Waals surface area contributed by atoms with Crippen molar-refractivity contribution in [3.63, 3.8) is 0 Å². The predicted molar refractivity (Wildman–Crippen MR) is 60.5 cm³/mol. The summed E-state index contributed by atoms with van der Waals surface area (Å²) < 4.78 is 0. The molecule has 0 radical (unpaired) electrons. The van der Waals surface area contributed by atoms with Gasteiger partial charge < -0.3 is 5.73 Å². The Labute approximate surface area is 91.4 Å². The topological polar surface area (TPSA) is 38.9 Å². The van der Waals surface area contributed by atoms with E-state index in [1.54, 1.807) is 11.3 Å². The highest BCUT2D eigenvalue weighted by atomic mass is 35.5. The molecule has 0 bridgehead atoms. The fraction of sp³-hybridized carbons (Fsp3) is 0.100. The number of halogens is 1. The standard InChI is InChI=1S/C10H9ClN2S/c11-8-3-1-7(2-4-8)9-6-14-10(5-12)13-9/h1-4,6H,5,12H2. The number of aromatic nitrogens is 1. The second-order valence-electron chi connectivity index (χ2n) is 2.84. The zero-order valence-electron chi connectivity index (χ0n) is 7.40. The van der Waals surface area contributed by atoms with Crippen LogP contribution in [-0.4, -0.2) is 4.98 Å². The fourth-order valence-corrected chi connectivity index (χ4v) is 1.97. The monoisotopic (exact) mass is 224 g/mol. The van der Waals surface area contributed by atoms with E-state index in [2.05, 4.69) is 4.98 Å². The molecular weight excluding hydrogens is 216 g/mol. The van der Waals surface area contributed by atoms with Crippen molar-refractivity contribution < 1.29 is 0 Å². The Hall–Kier alpha value is -0.900. The molecule has 0 spiro atoms. The normalized spacial score (nSPS) is 10.4. The van der Waals surface area contributed by atoms with Gasteiger partial charge in [-0.1, -0.05) is 23.7 Å². The van der Waals surface area contributed by atoms with Crippen molar-refractivity contribution in [3.8, 4) is 11.3 Å². The van der Waals surface area contributed by atoms with Gasteiger partial charge in [0.2, 0.25) is 0 Å². The molecule has 0 aliphatic heterocycles. The maximum absolute atomic E-state index is 5.79. The van der Waals surface area contributed by atoms with Crippen LogP contribution in [0.25, 0.3) is 11.3 Å². The second kappa shape index (κ2) is 4.09. The van der Waals surface area contributed by atoms with Gasteiger partial charge in [-0.2, -0.15) is 0 Å². The van der Waals surface area contributed by atoms with Crippen LogP contribution < -0.4 is 5.73 Å². The zero-order valence-corrected chi connectivity index (χ0v) is 8.98. The van der Waals surface area contributed by atoms with Gasteiger partial charge in [0, 0.05) is 22.5 Å². The fourth-order valence-electron chi connectivity index (χ4n) is 1.16. The lowest BCUT2D eigenvalue weighted by Gasteiger charge is -1.95. The van der Waals surface area contributed by atoms with Crippen LogP contribution in [0.4, 0.5) is 0 Å². The average molecular weight is 225 g/mol. The quantitative estimate of drug-likeness (QED) is 0.852. The van der Waals surface area contributed by atoms with Crippen LogP contribution in [0.15, 0.2) is 29.6 Å². The summed E-state index contributed by atoms with van der Waals surface area (Å²) in [6, 6.07) is 7.63. The van der Waals surface area contributed by atoms with Crippen LogP contribution in [0.1, 0.15) is 5.01 Å². The van der Waals surface area contributed by atoms with Crippen LogP contribution in [0.3, 0.4) is 0 Å². The largest absolute Gasteiger partial charge is 0.325 e. The molecule has 0 aliphatic rings. The molecule has 2 N–H and O–H groups in total. The van der Waals surface area contributed by atoms with Crippen molar-refractivity contribution in [3.05, 3.63) is 39.7 Å². The molecule has 2 nitrogen and oxygen atoms in total. The van der Waals surface area contributed by atoms with Crippen molar-refractivity contribution in [2.45, 2.75) is 6.54 Å². The number of nitrogens with two attached hydrogens (primary N) is 1. The molecule has 4 heteroatoms. The molecular formula is C10H9ClN2S. The summed E-state index contributed by atoms with van der Waals surface area (Å²) in [6.45, 7) is 0.498. The third kappa shape index (κ3) is 1.95. The minimum atomic E-state index is 0.498. The second-order valence-corrected chi connectivity index (χ2v) is 4.22. The lowest BCUT2D eigenvalue weighted by Crippen LogP contribution is -1.94. The van der Waals surface area contributed by atoms with Gasteiger partial charge in [-0.25, -0.2) is 4.98 Å². The van der Waals surface area contributed by atoms with E-state index in [-0.39, 0.29) is 0 Å². The molecule has 0 amide bonds. The summed E-state index contributed by atoms with van der Waals surface area (Å²) >= 11 is 7.37. The Balaban J connectivity index is 2.34. The van der Waals surface area contributed by atoms with Crippen molar-refractivity contribution in [1.82, 2.24) is 4.98 Å². The number of hydrogen-bond donors (Lipinski definition) is 1. The molecule has 14 heavy (non-hydrogen) atoms. The highest BCUT2D eigenvalue weighted by Gasteiger charge is 2.02. The van der Waals surface area contributed by atoms with Crippen molar-refractivity contribution in [1.29, 1.82) is 0 Å². The summed E-state index contributed by atoms with van der Waals surface area (Å²) in [7, 11) is 0. The molecule has 1 heterocycles. The van der Waals surface area contributed by atoms with Gasteiger partial charge in [0.1, 0.15) is 5.01 Å². The van der Waals surface area contributed by atoms with E-state index in [9.17, 15) is 0 Å². The van der Waals surface area contributed by atoms with Gasteiger partial charge in [0.05, 0.1) is 5.69 Å². The molecule has 0 atom stereocenters. The minimum absolute atomic E-state index is 0.498. The molecule has 1 aromatic carbocycles. The smallest absolute Gasteiger partial charge is 0.107 e. The number of hydrogen-bond acceptors (Lipinski definition) is 3. The molecule has 0 fully saturated rings. The summed E-state index contributed by atoms with van der Waals surface area (Å²) in [6.07, 6.45) is 0. The van der Waals surface area contributed by atoms with Crippen LogP contribution in [-0.2, 0) is 6.54 Å². The third-order valence-electron chi connectivity index (χ3n) is 1.87. The van der Waals surface area contributed by atoms with Gasteiger partial charge in [0.15, 0.2) is 0 Å². The Morgan fingerprint density at radius 1 is 1.29 bits per heavy atom. The molecule has 1 aromatic heterocycles. The maximum Gasteiger partial charge on any atom is 0.107 e. The van der Waals surface area contributed by atoms with E-state index >= 15 is 0 Å². The van der Waals surface area contributed by atoms with Crippen molar-refractivity contribution >= 4 is 22.9 Å². The van der Waals surface area contributed by atoms with Gasteiger partial charge >= 0.3 is 0 Å². The lowest BCUT2D eigenvalue weighted by atomic mass is 10.2. The van der Waals surface area contributed by atoms with Gasteiger partial charge in [0.25, 0.3) is 0 Å². The zero-order chi connectivity index (χ0) is 9.97. The van der Waals surface area contributed by atoms with Crippen LogP contribution in [0.2, 0.25) is 5.02 Å². The third-order valence-corrected chi connectivity index (χ3v) is 2.99. The van der Waals surface area contributed by atoms with E-state index in [1.807, 2.05) is 29.6 Å². The summed E-state index contributed by atoms with van der Waals surface area (Å²) in [4.78, 5) is 4.38. The molecule has 0 unspecified atom stereocenters. The van der Waals surface area contributed by atoms with Crippen LogP contribution >= 0.6 is 22.9 Å². The summed E-state index contributed by atoms with van der Waals surface area (Å²) in [5.74, 6) is 0. The highest BCUT2D eigenvalue weighted by molar-refractivity contribution is 7.09. The van der Waals surface area contributed by atoms with Gasteiger partial charge in [-0.3, -0.25) is 0 Å². The SMILES string of the molecule is NCc1nc(-c2ccc(Cl)cc2)cs1. The summed E-state index contributed by atoms with van der Waals surface area (Å²) in [5, 5.41) is 3.70. The Morgan fingerprint density at radius 2 is 2.00 bits per heavy atom. The number of thiazole rings is 1. The highest BCUT2D eigenvalue weighted by Crippen LogP contribution is 2.23. The predicted octanol–water partition coefficient (Wildman–Crippen LogP) is 2.92. The first-order valence-electron chi connectivity index (χ1n) is 4.20. The Kier molecular flexibility index (Phi) is 2.82. The first-order chi connectivity index (χ1) is 6.79. The first-order valence-corrected chi connectivity index (χ1v) is 5.46. The molecule has 72 valence electrons. The van der Waals surface area contributed by atoms with Gasteiger partial charge in [-0.05, 0) is 12.1 Å². The van der Waals surface area contributed by atoms with Crippen molar-refractivity contribution in [2.24, 2.45) is 5.73 Å².